The summed E-state index contributed by atoms with van der Waals surface area (Å²) in [7, 11) is 1.83. The number of anilines is 2. The summed E-state index contributed by atoms with van der Waals surface area (Å²) in [5.41, 5.74) is 7.67. The summed E-state index contributed by atoms with van der Waals surface area (Å²) in [6.45, 7) is 2.14. The summed E-state index contributed by atoms with van der Waals surface area (Å²) in [5, 5.41) is 0. The maximum atomic E-state index is 11.8. The fourth-order valence-electron chi connectivity index (χ4n) is 2.06. The van der Waals surface area contributed by atoms with Gasteiger partial charge in [-0.2, -0.15) is 0 Å². The van der Waals surface area contributed by atoms with Crippen molar-refractivity contribution in [2.24, 2.45) is 5.73 Å². The van der Waals surface area contributed by atoms with Crippen LogP contribution in [0.3, 0.4) is 0 Å². The van der Waals surface area contributed by atoms with Crippen LogP contribution in [-0.2, 0) is 4.79 Å². The lowest BCUT2D eigenvalue weighted by Crippen LogP contribution is -2.30. The Hall–Kier alpha value is -1.55. The van der Waals surface area contributed by atoms with E-state index in [1.165, 1.54) is 0 Å². The van der Waals surface area contributed by atoms with Gasteiger partial charge in [0.15, 0.2) is 0 Å². The average Bonchev–Trinajstić information content (AvgIpc) is 2.43. The van der Waals surface area contributed by atoms with Gasteiger partial charge >= 0.3 is 0 Å². The van der Waals surface area contributed by atoms with Gasteiger partial charge in [0.2, 0.25) is 5.91 Å². The molecule has 0 unspecified atom stereocenters. The molecule has 16 heavy (non-hydrogen) atoms. The van der Waals surface area contributed by atoms with Crippen LogP contribution in [0.4, 0.5) is 11.4 Å². The lowest BCUT2D eigenvalue weighted by atomic mass is 10.2. The van der Waals surface area contributed by atoms with Crippen molar-refractivity contribution in [2.45, 2.75) is 6.42 Å². The summed E-state index contributed by atoms with van der Waals surface area (Å²) in [6.07, 6.45) is 0.547. The van der Waals surface area contributed by atoms with Crippen molar-refractivity contribution in [2.75, 3.05) is 36.5 Å². The quantitative estimate of drug-likeness (QED) is 0.801. The number of nitrogens with two attached hydrogens (primary N) is 1. The van der Waals surface area contributed by atoms with E-state index in [0.717, 1.165) is 24.5 Å². The van der Waals surface area contributed by atoms with Crippen LogP contribution >= 0.6 is 0 Å². The third-order valence-corrected chi connectivity index (χ3v) is 2.95. The molecular formula is C12H17N3O. The fourth-order valence-corrected chi connectivity index (χ4v) is 2.06. The maximum absolute atomic E-state index is 11.8. The first kappa shape index (κ1) is 11.0. The van der Waals surface area contributed by atoms with Crippen LogP contribution in [0.2, 0.25) is 0 Å². The molecule has 1 aliphatic heterocycles. The number of amides is 1. The van der Waals surface area contributed by atoms with Gasteiger partial charge in [-0.15, -0.1) is 0 Å². The minimum atomic E-state index is 0.159. The molecule has 0 saturated heterocycles. The summed E-state index contributed by atoms with van der Waals surface area (Å²) in [4.78, 5) is 15.7. The molecule has 0 aliphatic carbocycles. The van der Waals surface area contributed by atoms with Gasteiger partial charge in [0.1, 0.15) is 0 Å². The van der Waals surface area contributed by atoms with Gasteiger partial charge in [0.25, 0.3) is 0 Å². The summed E-state index contributed by atoms with van der Waals surface area (Å²) >= 11 is 0. The van der Waals surface area contributed by atoms with E-state index in [2.05, 4.69) is 4.90 Å². The molecule has 0 aromatic heterocycles. The smallest absolute Gasteiger partial charge is 0.228 e. The van der Waals surface area contributed by atoms with Gasteiger partial charge in [-0.25, -0.2) is 0 Å². The summed E-state index contributed by atoms with van der Waals surface area (Å²) in [6, 6.07) is 7.96. The highest BCUT2D eigenvalue weighted by atomic mass is 16.2. The van der Waals surface area contributed by atoms with E-state index in [9.17, 15) is 4.79 Å². The molecule has 4 nitrogen and oxygen atoms in total. The molecule has 1 aromatic carbocycles. The highest BCUT2D eigenvalue weighted by molar-refractivity contribution is 5.98. The Balaban J connectivity index is 2.41. The Morgan fingerprint density at radius 3 is 2.69 bits per heavy atom. The van der Waals surface area contributed by atoms with E-state index in [1.807, 2.05) is 31.3 Å². The van der Waals surface area contributed by atoms with Crippen LogP contribution in [0.25, 0.3) is 0 Å². The van der Waals surface area contributed by atoms with Crippen molar-refractivity contribution in [3.8, 4) is 0 Å². The molecule has 0 saturated carbocycles. The van der Waals surface area contributed by atoms with E-state index in [-0.39, 0.29) is 5.91 Å². The highest BCUT2D eigenvalue weighted by Gasteiger charge is 2.22. The number of rotatable bonds is 2. The molecule has 0 fully saturated rings. The first-order chi connectivity index (χ1) is 7.74. The highest BCUT2D eigenvalue weighted by Crippen LogP contribution is 2.31. The first-order valence-corrected chi connectivity index (χ1v) is 5.54. The van der Waals surface area contributed by atoms with Crippen molar-refractivity contribution >= 4 is 17.3 Å². The molecule has 0 radical (unpaired) electrons. The molecular weight excluding hydrogens is 202 g/mol. The Morgan fingerprint density at radius 1 is 1.31 bits per heavy atom. The van der Waals surface area contributed by atoms with E-state index < -0.39 is 0 Å². The number of benzene rings is 1. The van der Waals surface area contributed by atoms with Crippen LogP contribution in [-0.4, -0.2) is 32.6 Å². The zero-order chi connectivity index (χ0) is 11.5. The Morgan fingerprint density at radius 2 is 2.00 bits per heavy atom. The first-order valence-electron chi connectivity index (χ1n) is 5.54. The number of fused-ring (bicyclic) bond motifs is 1. The van der Waals surface area contributed by atoms with Gasteiger partial charge in [-0.1, -0.05) is 12.1 Å². The van der Waals surface area contributed by atoms with Crippen LogP contribution in [0, 0.1) is 0 Å². The number of carbonyl (C=O) groups is 1. The summed E-state index contributed by atoms with van der Waals surface area (Å²) in [5.74, 6) is 0.159. The SMILES string of the molecule is CN1C(=O)CCN(CCN)c2ccccc21. The molecule has 86 valence electrons. The van der Waals surface area contributed by atoms with E-state index >= 15 is 0 Å². The van der Waals surface area contributed by atoms with Crippen molar-refractivity contribution in [3.63, 3.8) is 0 Å². The molecule has 0 spiro atoms. The third kappa shape index (κ3) is 1.88. The monoisotopic (exact) mass is 219 g/mol. The van der Waals surface area contributed by atoms with Crippen LogP contribution in [0.5, 0.6) is 0 Å². The van der Waals surface area contributed by atoms with Gasteiger partial charge in [-0.05, 0) is 12.1 Å². The molecule has 2 rings (SSSR count). The topological polar surface area (TPSA) is 49.6 Å². The number of hydrogen-bond donors (Lipinski definition) is 1. The molecule has 1 heterocycles. The van der Waals surface area contributed by atoms with Crippen molar-refractivity contribution in [1.29, 1.82) is 0 Å². The number of para-hydroxylation sites is 2. The van der Waals surface area contributed by atoms with Gasteiger partial charge in [-0.3, -0.25) is 4.79 Å². The lowest BCUT2D eigenvalue weighted by Gasteiger charge is -2.24. The van der Waals surface area contributed by atoms with E-state index in [4.69, 9.17) is 5.73 Å². The number of carbonyl (C=O) groups excluding carboxylic acids is 1. The second kappa shape index (κ2) is 4.53. The van der Waals surface area contributed by atoms with Crippen LogP contribution in [0.1, 0.15) is 6.42 Å². The number of nitrogens with zero attached hydrogens (tertiary/aromatic N) is 2. The Bertz CT molecular complexity index is 392. The molecule has 1 amide bonds. The Kier molecular flexibility index (Phi) is 3.10. The molecule has 4 heteroatoms. The zero-order valence-electron chi connectivity index (χ0n) is 9.52. The molecule has 1 aromatic rings. The Labute approximate surface area is 95.6 Å². The molecule has 0 bridgehead atoms. The lowest BCUT2D eigenvalue weighted by molar-refractivity contribution is -0.118. The van der Waals surface area contributed by atoms with Gasteiger partial charge in [0.05, 0.1) is 11.4 Å². The van der Waals surface area contributed by atoms with E-state index in [0.29, 0.717) is 13.0 Å². The summed E-state index contributed by atoms with van der Waals surface area (Å²) < 4.78 is 0. The second-order valence-corrected chi connectivity index (χ2v) is 3.97. The average molecular weight is 219 g/mol. The maximum Gasteiger partial charge on any atom is 0.228 e. The standard InChI is InChI=1S/C12H17N3O/c1-14-10-4-2-3-5-11(10)15(9-7-13)8-6-12(14)16/h2-5H,6-9,13H2,1H3. The fraction of sp³-hybridized carbons (Fsp3) is 0.417. The molecule has 2 N–H and O–H groups in total. The third-order valence-electron chi connectivity index (χ3n) is 2.95. The minimum Gasteiger partial charge on any atom is -0.368 e. The van der Waals surface area contributed by atoms with Crippen molar-refractivity contribution < 1.29 is 4.79 Å². The minimum absolute atomic E-state index is 0.159. The van der Waals surface area contributed by atoms with Crippen molar-refractivity contribution in [1.82, 2.24) is 0 Å². The molecule has 0 atom stereocenters. The van der Waals surface area contributed by atoms with Gasteiger partial charge in [0, 0.05) is 33.1 Å². The van der Waals surface area contributed by atoms with Crippen LogP contribution < -0.4 is 15.5 Å². The van der Waals surface area contributed by atoms with Crippen LogP contribution in [0.15, 0.2) is 24.3 Å². The predicted molar refractivity (Wildman–Crippen MR) is 65.7 cm³/mol. The number of hydrogen-bond acceptors (Lipinski definition) is 3. The normalized spacial score (nSPS) is 16.0. The van der Waals surface area contributed by atoms with Crippen molar-refractivity contribution in [3.05, 3.63) is 24.3 Å². The predicted octanol–water partition coefficient (Wildman–Crippen LogP) is 0.818. The van der Waals surface area contributed by atoms with E-state index in [1.54, 1.807) is 4.90 Å². The zero-order valence-corrected chi connectivity index (χ0v) is 9.52. The largest absolute Gasteiger partial charge is 0.368 e. The molecule has 1 aliphatic rings. The van der Waals surface area contributed by atoms with Gasteiger partial charge < -0.3 is 15.5 Å². The second-order valence-electron chi connectivity index (χ2n) is 3.97.